The summed E-state index contributed by atoms with van der Waals surface area (Å²) in [6.07, 6.45) is -1.15. The van der Waals surface area contributed by atoms with Gasteiger partial charge in [0.05, 0.1) is 23.8 Å². The van der Waals surface area contributed by atoms with Crippen LogP contribution in [0.1, 0.15) is 31.1 Å². The van der Waals surface area contributed by atoms with Gasteiger partial charge in [-0.15, -0.1) is 0 Å². The molecule has 8 heteroatoms. The first-order valence-electron chi connectivity index (χ1n) is 8.53. The lowest BCUT2D eigenvalue weighted by Crippen LogP contribution is -2.30. The topological polar surface area (TPSA) is 73.9 Å². The van der Waals surface area contributed by atoms with Gasteiger partial charge in [-0.3, -0.25) is 4.79 Å². The minimum Gasteiger partial charge on any atom is -0.493 e. The van der Waals surface area contributed by atoms with Crippen LogP contribution in [0.25, 0.3) is 0 Å². The smallest absolute Gasteiger partial charge is 0.339 e. The number of rotatable bonds is 7. The Morgan fingerprint density at radius 2 is 1.68 bits per heavy atom. The van der Waals surface area contributed by atoms with Crippen molar-refractivity contribution < 1.29 is 23.8 Å². The summed E-state index contributed by atoms with van der Waals surface area (Å²) >= 11 is 12.0. The fourth-order valence-corrected chi connectivity index (χ4v) is 2.63. The average molecular weight is 426 g/mol. The molecule has 0 saturated carbocycles. The highest BCUT2D eigenvalue weighted by atomic mass is 35.5. The maximum Gasteiger partial charge on any atom is 0.339 e. The van der Waals surface area contributed by atoms with Crippen molar-refractivity contribution in [3.05, 3.63) is 52.0 Å². The van der Waals surface area contributed by atoms with Gasteiger partial charge in [0.2, 0.25) is 0 Å². The van der Waals surface area contributed by atoms with Gasteiger partial charge in [0, 0.05) is 10.7 Å². The van der Waals surface area contributed by atoms with Crippen LogP contribution in [0.4, 0.5) is 5.69 Å². The van der Waals surface area contributed by atoms with Crippen molar-refractivity contribution in [2.75, 3.05) is 12.4 Å². The van der Waals surface area contributed by atoms with Gasteiger partial charge in [-0.2, -0.15) is 0 Å². The molecular formula is C20H21Cl2NO5. The Labute approximate surface area is 173 Å². The molecular weight excluding hydrogens is 405 g/mol. The van der Waals surface area contributed by atoms with Crippen molar-refractivity contribution >= 4 is 40.8 Å². The van der Waals surface area contributed by atoms with E-state index >= 15 is 0 Å². The van der Waals surface area contributed by atoms with E-state index in [1.807, 2.05) is 13.8 Å². The van der Waals surface area contributed by atoms with Crippen LogP contribution >= 0.6 is 23.2 Å². The lowest BCUT2D eigenvalue weighted by molar-refractivity contribution is -0.123. The van der Waals surface area contributed by atoms with Gasteiger partial charge < -0.3 is 19.5 Å². The third kappa shape index (κ3) is 5.78. The zero-order valence-corrected chi connectivity index (χ0v) is 17.4. The highest BCUT2D eigenvalue weighted by Crippen LogP contribution is 2.37. The number of carbonyl (C=O) groups is 2. The third-order valence-corrected chi connectivity index (χ3v) is 4.12. The number of amides is 1. The predicted octanol–water partition coefficient (Wildman–Crippen LogP) is 4.97. The Hall–Kier alpha value is -2.44. The maximum absolute atomic E-state index is 12.4. The van der Waals surface area contributed by atoms with Crippen LogP contribution in [0.2, 0.25) is 10.0 Å². The molecule has 0 radical (unpaired) electrons. The summed E-state index contributed by atoms with van der Waals surface area (Å²) in [5, 5.41) is 3.40. The lowest BCUT2D eigenvalue weighted by atomic mass is 10.2. The summed E-state index contributed by atoms with van der Waals surface area (Å²) in [7, 11) is 1.44. The molecule has 2 rings (SSSR count). The monoisotopic (exact) mass is 425 g/mol. The first-order valence-corrected chi connectivity index (χ1v) is 9.28. The molecule has 0 bridgehead atoms. The first kappa shape index (κ1) is 21.9. The zero-order chi connectivity index (χ0) is 20.8. The number of methoxy groups -OCH3 is 1. The molecule has 1 amide bonds. The SMILES string of the molecule is COc1cc(C(=O)OC(C)C(=O)Nc2ccc(Cl)cc2)cc(Cl)c1OC(C)C. The van der Waals surface area contributed by atoms with Crippen LogP contribution in [0, 0.1) is 0 Å². The number of nitrogens with one attached hydrogen (secondary N) is 1. The second-order valence-corrected chi connectivity index (χ2v) is 7.04. The summed E-state index contributed by atoms with van der Waals surface area (Å²) in [6.45, 7) is 5.16. The fraction of sp³-hybridized carbons (Fsp3) is 0.300. The first-order chi connectivity index (χ1) is 13.2. The molecule has 0 aliphatic rings. The molecule has 0 aliphatic carbocycles. The van der Waals surface area contributed by atoms with Crippen molar-refractivity contribution in [1.29, 1.82) is 0 Å². The quantitative estimate of drug-likeness (QED) is 0.633. The van der Waals surface area contributed by atoms with Crippen LogP contribution in [0.15, 0.2) is 36.4 Å². The summed E-state index contributed by atoms with van der Waals surface area (Å²) in [5.74, 6) is -0.556. The number of ether oxygens (including phenoxy) is 3. The van der Waals surface area contributed by atoms with Gasteiger partial charge in [0.25, 0.3) is 5.91 Å². The minimum atomic E-state index is -1.03. The van der Waals surface area contributed by atoms with Crippen molar-refractivity contribution in [3.8, 4) is 11.5 Å². The van der Waals surface area contributed by atoms with E-state index in [0.717, 1.165) is 0 Å². The Morgan fingerprint density at radius 1 is 1.04 bits per heavy atom. The molecule has 2 aromatic rings. The molecule has 1 N–H and O–H groups in total. The third-order valence-electron chi connectivity index (χ3n) is 3.58. The Morgan fingerprint density at radius 3 is 2.25 bits per heavy atom. The number of anilines is 1. The predicted molar refractivity (Wildman–Crippen MR) is 109 cm³/mol. The van der Waals surface area contributed by atoms with Crippen LogP contribution in [0.5, 0.6) is 11.5 Å². The van der Waals surface area contributed by atoms with Crippen LogP contribution < -0.4 is 14.8 Å². The second kappa shape index (κ2) is 9.66. The van der Waals surface area contributed by atoms with E-state index in [2.05, 4.69) is 5.32 Å². The van der Waals surface area contributed by atoms with E-state index in [4.69, 9.17) is 37.4 Å². The largest absolute Gasteiger partial charge is 0.493 e. The van der Waals surface area contributed by atoms with Crippen molar-refractivity contribution in [2.45, 2.75) is 33.0 Å². The van der Waals surface area contributed by atoms with Crippen LogP contribution in [-0.2, 0) is 9.53 Å². The Bertz CT molecular complexity index is 852. The Kier molecular flexibility index (Phi) is 7.54. The fourth-order valence-electron chi connectivity index (χ4n) is 2.25. The van der Waals surface area contributed by atoms with Crippen LogP contribution in [0.3, 0.4) is 0 Å². The molecule has 0 heterocycles. The number of hydrogen-bond donors (Lipinski definition) is 1. The average Bonchev–Trinajstić information content (AvgIpc) is 2.64. The molecule has 0 aliphatic heterocycles. The van der Waals surface area contributed by atoms with Gasteiger partial charge in [-0.1, -0.05) is 23.2 Å². The lowest BCUT2D eigenvalue weighted by Gasteiger charge is -2.17. The molecule has 0 aromatic heterocycles. The highest BCUT2D eigenvalue weighted by Gasteiger charge is 2.22. The summed E-state index contributed by atoms with van der Waals surface area (Å²) < 4.78 is 16.1. The van der Waals surface area contributed by atoms with E-state index in [1.54, 1.807) is 24.3 Å². The maximum atomic E-state index is 12.4. The molecule has 0 fully saturated rings. The van der Waals surface area contributed by atoms with E-state index in [9.17, 15) is 9.59 Å². The second-order valence-electron chi connectivity index (χ2n) is 6.20. The molecule has 6 nitrogen and oxygen atoms in total. The van der Waals surface area contributed by atoms with Gasteiger partial charge in [-0.05, 0) is 57.2 Å². The van der Waals surface area contributed by atoms with E-state index in [1.165, 1.54) is 26.2 Å². The number of halogens is 2. The number of carbonyl (C=O) groups excluding carboxylic acids is 2. The molecule has 28 heavy (non-hydrogen) atoms. The van der Waals surface area contributed by atoms with Gasteiger partial charge in [-0.25, -0.2) is 4.79 Å². The highest BCUT2D eigenvalue weighted by molar-refractivity contribution is 6.32. The molecule has 0 spiro atoms. The van der Waals surface area contributed by atoms with Crippen molar-refractivity contribution in [1.82, 2.24) is 0 Å². The number of hydrogen-bond acceptors (Lipinski definition) is 5. The van der Waals surface area contributed by atoms with Gasteiger partial charge in [0.1, 0.15) is 0 Å². The molecule has 2 aromatic carbocycles. The Balaban J connectivity index is 2.09. The number of esters is 1. The standard InChI is InChI=1S/C20H21Cl2NO5/c1-11(2)27-18-16(22)9-13(10-17(18)26-4)20(25)28-12(3)19(24)23-15-7-5-14(21)6-8-15/h5-12H,1-4H3,(H,23,24). The normalized spacial score (nSPS) is 11.7. The van der Waals surface area contributed by atoms with E-state index in [-0.39, 0.29) is 16.7 Å². The van der Waals surface area contributed by atoms with Crippen molar-refractivity contribution in [2.24, 2.45) is 0 Å². The summed E-state index contributed by atoms with van der Waals surface area (Å²) in [4.78, 5) is 24.7. The van der Waals surface area contributed by atoms with Crippen molar-refractivity contribution in [3.63, 3.8) is 0 Å². The zero-order valence-electron chi connectivity index (χ0n) is 15.9. The van der Waals surface area contributed by atoms with E-state index < -0.39 is 18.0 Å². The summed E-state index contributed by atoms with van der Waals surface area (Å²) in [6, 6.07) is 9.44. The number of benzene rings is 2. The van der Waals surface area contributed by atoms with Gasteiger partial charge >= 0.3 is 5.97 Å². The van der Waals surface area contributed by atoms with E-state index in [0.29, 0.717) is 22.2 Å². The minimum absolute atomic E-state index is 0.124. The van der Waals surface area contributed by atoms with Gasteiger partial charge in [0.15, 0.2) is 17.6 Å². The molecule has 0 saturated heterocycles. The summed E-state index contributed by atoms with van der Waals surface area (Å²) in [5.41, 5.74) is 0.682. The van der Waals surface area contributed by atoms with Crippen LogP contribution in [-0.4, -0.2) is 31.2 Å². The molecule has 1 atom stereocenters. The molecule has 150 valence electrons. The molecule has 1 unspecified atom stereocenters.